The highest BCUT2D eigenvalue weighted by Crippen LogP contribution is 2.30. The Hall–Kier alpha value is -2.74. The molecule has 118 valence electrons. The molecular weight excluding hydrogens is 318 g/mol. The summed E-state index contributed by atoms with van der Waals surface area (Å²) in [7, 11) is 0. The zero-order valence-electron chi connectivity index (χ0n) is 12.0. The summed E-state index contributed by atoms with van der Waals surface area (Å²) < 4.78 is 0. The molecule has 7 nitrogen and oxygen atoms in total. The van der Waals surface area contributed by atoms with Crippen LogP contribution in [0.15, 0.2) is 29.4 Å². The average molecular weight is 331 g/mol. The van der Waals surface area contributed by atoms with E-state index in [0.29, 0.717) is 4.88 Å². The normalized spacial score (nSPS) is 13.2. The second-order valence-electron chi connectivity index (χ2n) is 5.11. The molecule has 0 aliphatic heterocycles. The molecule has 0 atom stereocenters. The van der Waals surface area contributed by atoms with E-state index in [4.69, 9.17) is 0 Å². The predicted octanol–water partition coefficient (Wildman–Crippen LogP) is 2.61. The molecule has 1 heterocycles. The smallest absolute Gasteiger partial charge is 0.281 e. The summed E-state index contributed by atoms with van der Waals surface area (Å²) in [5.74, 6) is -0.478. The van der Waals surface area contributed by atoms with E-state index in [1.54, 1.807) is 0 Å². The van der Waals surface area contributed by atoms with Gasteiger partial charge < -0.3 is 5.11 Å². The standard InChI is InChI=1S/C15H13N3O4S/c19-12-5-4-11(18(21)22)6-10(12)8-16-17-15(20)14-7-9-2-1-3-13(9)23-14/h4-8,19H,1-3H2,(H,17,20)/b16-8-. The van der Waals surface area contributed by atoms with Gasteiger partial charge in [0.15, 0.2) is 0 Å². The summed E-state index contributed by atoms with van der Waals surface area (Å²) >= 11 is 1.46. The summed E-state index contributed by atoms with van der Waals surface area (Å²) in [6, 6.07) is 5.47. The zero-order valence-corrected chi connectivity index (χ0v) is 12.8. The number of non-ortho nitro benzene ring substituents is 1. The van der Waals surface area contributed by atoms with Crippen LogP contribution in [-0.4, -0.2) is 22.2 Å². The number of phenols is 1. The average Bonchev–Trinajstić information content (AvgIpc) is 3.10. The van der Waals surface area contributed by atoms with Crippen molar-refractivity contribution in [2.24, 2.45) is 5.10 Å². The number of nitro benzene ring substituents is 1. The number of phenolic OH excluding ortho intramolecular Hbond substituents is 1. The molecule has 0 radical (unpaired) electrons. The van der Waals surface area contributed by atoms with Crippen LogP contribution in [0.2, 0.25) is 0 Å². The van der Waals surface area contributed by atoms with Gasteiger partial charge in [-0.2, -0.15) is 5.10 Å². The van der Waals surface area contributed by atoms with Gasteiger partial charge in [-0.1, -0.05) is 0 Å². The van der Waals surface area contributed by atoms with Crippen LogP contribution in [0.3, 0.4) is 0 Å². The summed E-state index contributed by atoms with van der Waals surface area (Å²) in [5, 5.41) is 24.1. The second kappa shape index (κ2) is 6.17. The Balaban J connectivity index is 1.69. The van der Waals surface area contributed by atoms with Crippen molar-refractivity contribution in [2.75, 3.05) is 0 Å². The number of fused-ring (bicyclic) bond motifs is 1. The number of rotatable bonds is 4. The van der Waals surface area contributed by atoms with E-state index in [0.717, 1.165) is 19.3 Å². The molecule has 1 aliphatic rings. The van der Waals surface area contributed by atoms with E-state index >= 15 is 0 Å². The van der Waals surface area contributed by atoms with Crippen LogP contribution in [-0.2, 0) is 12.8 Å². The minimum absolute atomic E-state index is 0.149. The number of hydrazone groups is 1. The predicted molar refractivity (Wildman–Crippen MR) is 86.2 cm³/mol. The largest absolute Gasteiger partial charge is 0.507 e. The molecule has 0 bridgehead atoms. The molecule has 0 saturated heterocycles. The summed E-state index contributed by atoms with van der Waals surface area (Å²) in [4.78, 5) is 24.0. The second-order valence-corrected chi connectivity index (χ2v) is 6.25. The van der Waals surface area contributed by atoms with Crippen LogP contribution in [0, 0.1) is 10.1 Å². The number of nitrogens with one attached hydrogen (secondary N) is 1. The Morgan fingerprint density at radius 1 is 1.39 bits per heavy atom. The summed E-state index contributed by atoms with van der Waals surface area (Å²) in [6.07, 6.45) is 4.33. The van der Waals surface area contributed by atoms with Crippen molar-refractivity contribution in [1.82, 2.24) is 5.43 Å². The number of thiophene rings is 1. The molecule has 0 saturated carbocycles. The molecule has 0 fully saturated rings. The van der Waals surface area contributed by atoms with Gasteiger partial charge in [-0.3, -0.25) is 14.9 Å². The topological polar surface area (TPSA) is 105 Å². The van der Waals surface area contributed by atoms with Crippen molar-refractivity contribution in [3.63, 3.8) is 0 Å². The van der Waals surface area contributed by atoms with E-state index in [1.807, 2.05) is 6.07 Å². The molecule has 0 unspecified atom stereocenters. The third kappa shape index (κ3) is 3.21. The van der Waals surface area contributed by atoms with Gasteiger partial charge in [-0.05, 0) is 37.0 Å². The van der Waals surface area contributed by atoms with Crippen LogP contribution < -0.4 is 5.43 Å². The van der Waals surface area contributed by atoms with Crippen molar-refractivity contribution in [1.29, 1.82) is 0 Å². The quantitative estimate of drug-likeness (QED) is 0.510. The first kappa shape index (κ1) is 15.2. The van der Waals surface area contributed by atoms with E-state index < -0.39 is 4.92 Å². The number of carbonyl (C=O) groups excluding carboxylic acids is 1. The number of aromatic hydroxyl groups is 1. The molecule has 2 aromatic rings. The summed E-state index contributed by atoms with van der Waals surface area (Å²) in [5.41, 5.74) is 3.59. The van der Waals surface area contributed by atoms with Crippen LogP contribution in [0.25, 0.3) is 0 Å². The number of amides is 1. The highest BCUT2D eigenvalue weighted by molar-refractivity contribution is 7.14. The molecule has 23 heavy (non-hydrogen) atoms. The molecule has 1 aromatic heterocycles. The Bertz CT molecular complexity index is 792. The van der Waals surface area contributed by atoms with E-state index in [9.17, 15) is 20.0 Å². The van der Waals surface area contributed by atoms with Crippen molar-refractivity contribution < 1.29 is 14.8 Å². The third-order valence-corrected chi connectivity index (χ3v) is 4.80. The molecule has 1 aromatic carbocycles. The molecule has 1 amide bonds. The van der Waals surface area contributed by atoms with Gasteiger partial charge in [-0.15, -0.1) is 11.3 Å². The SMILES string of the molecule is O=C(N/N=C\c1cc([N+](=O)[O-])ccc1O)c1cc2c(s1)CCC2. The number of hydrogen-bond donors (Lipinski definition) is 2. The van der Waals surface area contributed by atoms with Crippen LogP contribution in [0.1, 0.15) is 32.1 Å². The zero-order chi connectivity index (χ0) is 16.4. The first-order valence-electron chi connectivity index (χ1n) is 6.97. The highest BCUT2D eigenvalue weighted by atomic mass is 32.1. The lowest BCUT2D eigenvalue weighted by Crippen LogP contribution is -2.16. The fraction of sp³-hybridized carbons (Fsp3) is 0.200. The molecule has 3 rings (SSSR count). The number of aryl methyl sites for hydroxylation is 2. The number of carbonyl (C=O) groups is 1. The van der Waals surface area contributed by atoms with Gasteiger partial charge in [-0.25, -0.2) is 5.43 Å². The number of hydrogen-bond acceptors (Lipinski definition) is 6. The van der Waals surface area contributed by atoms with Crippen molar-refractivity contribution in [3.05, 3.63) is 55.3 Å². The van der Waals surface area contributed by atoms with Crippen molar-refractivity contribution in [2.45, 2.75) is 19.3 Å². The van der Waals surface area contributed by atoms with Crippen molar-refractivity contribution in [3.8, 4) is 5.75 Å². The minimum atomic E-state index is -0.567. The lowest BCUT2D eigenvalue weighted by atomic mass is 10.2. The van der Waals surface area contributed by atoms with E-state index in [-0.39, 0.29) is 22.9 Å². The summed E-state index contributed by atoms with van der Waals surface area (Å²) in [6.45, 7) is 0. The molecular formula is C15H13N3O4S. The van der Waals surface area contributed by atoms with Crippen molar-refractivity contribution >= 4 is 29.1 Å². The lowest BCUT2D eigenvalue weighted by Gasteiger charge is -1.99. The van der Waals surface area contributed by atoms with E-state index in [2.05, 4.69) is 10.5 Å². The Morgan fingerprint density at radius 3 is 2.96 bits per heavy atom. The van der Waals surface area contributed by atoms with Gasteiger partial charge in [0.05, 0.1) is 16.0 Å². The Labute approximate surface area is 135 Å². The molecule has 8 heteroatoms. The van der Waals surface area contributed by atoms with Crippen LogP contribution in [0.4, 0.5) is 5.69 Å². The van der Waals surface area contributed by atoms with Gasteiger partial charge in [0.2, 0.25) is 0 Å². The maximum atomic E-state index is 12.0. The molecule has 2 N–H and O–H groups in total. The number of nitrogens with zero attached hydrogens (tertiary/aromatic N) is 2. The third-order valence-electron chi connectivity index (χ3n) is 3.56. The minimum Gasteiger partial charge on any atom is -0.507 e. The molecule has 1 aliphatic carbocycles. The molecule has 0 spiro atoms. The van der Waals surface area contributed by atoms with Gasteiger partial charge >= 0.3 is 0 Å². The first-order valence-corrected chi connectivity index (χ1v) is 7.78. The van der Waals surface area contributed by atoms with Gasteiger partial charge in [0.25, 0.3) is 11.6 Å². The number of nitro groups is 1. The number of benzene rings is 1. The monoisotopic (exact) mass is 331 g/mol. The Kier molecular flexibility index (Phi) is 4.07. The lowest BCUT2D eigenvalue weighted by molar-refractivity contribution is -0.384. The fourth-order valence-corrected chi connectivity index (χ4v) is 3.56. The van der Waals surface area contributed by atoms with Gasteiger partial charge in [0, 0.05) is 22.6 Å². The van der Waals surface area contributed by atoms with E-state index in [1.165, 1.54) is 46.2 Å². The highest BCUT2D eigenvalue weighted by Gasteiger charge is 2.18. The fourth-order valence-electron chi connectivity index (χ4n) is 2.42. The van der Waals surface area contributed by atoms with Crippen LogP contribution in [0.5, 0.6) is 5.75 Å². The van der Waals surface area contributed by atoms with Gasteiger partial charge in [0.1, 0.15) is 5.75 Å². The Morgan fingerprint density at radius 2 is 2.22 bits per heavy atom. The maximum Gasteiger partial charge on any atom is 0.281 e. The maximum absolute atomic E-state index is 12.0. The first-order chi connectivity index (χ1) is 11.0. The van der Waals surface area contributed by atoms with Crippen LogP contribution >= 0.6 is 11.3 Å².